The first-order valence-corrected chi connectivity index (χ1v) is 9.95. The molecule has 0 spiro atoms. The second kappa shape index (κ2) is 9.20. The monoisotopic (exact) mass is 413 g/mol. The van der Waals surface area contributed by atoms with Gasteiger partial charge in [0.05, 0.1) is 25.6 Å². The van der Waals surface area contributed by atoms with Crippen LogP contribution in [-0.2, 0) is 20.9 Å². The van der Waals surface area contributed by atoms with Crippen molar-refractivity contribution >= 4 is 35.0 Å². The van der Waals surface area contributed by atoms with Crippen molar-refractivity contribution < 1.29 is 14.4 Å². The van der Waals surface area contributed by atoms with Gasteiger partial charge in [-0.05, 0) is 36.7 Å². The number of hydrogen-bond acceptors (Lipinski definition) is 4. The van der Waals surface area contributed by atoms with Gasteiger partial charge in [0.2, 0.25) is 17.7 Å². The minimum atomic E-state index is -0.623. The summed E-state index contributed by atoms with van der Waals surface area (Å²) in [5.41, 5.74) is 2.43. The molecule has 1 atom stereocenters. The average Bonchev–Trinajstić information content (AvgIpc) is 2.98. The van der Waals surface area contributed by atoms with Crippen molar-refractivity contribution in [2.24, 2.45) is 0 Å². The zero-order valence-corrected chi connectivity index (χ0v) is 17.3. The molecular weight excluding hydrogens is 390 g/mol. The fraction of sp³-hybridized carbons (Fsp3) is 0.318. The molecule has 1 aliphatic heterocycles. The highest BCUT2D eigenvalue weighted by Gasteiger charge is 2.41. The van der Waals surface area contributed by atoms with Crippen molar-refractivity contribution in [3.63, 3.8) is 0 Å². The summed E-state index contributed by atoms with van der Waals surface area (Å²) < 4.78 is 0. The molecule has 2 aromatic carbocycles. The number of likely N-dealkylation sites (tertiary alicyclic amines) is 1. The van der Waals surface area contributed by atoms with Crippen molar-refractivity contribution in [3.8, 4) is 0 Å². The van der Waals surface area contributed by atoms with E-state index in [4.69, 9.17) is 11.6 Å². The molecular formula is C22H24ClN3O3. The van der Waals surface area contributed by atoms with E-state index < -0.39 is 6.04 Å². The summed E-state index contributed by atoms with van der Waals surface area (Å²) in [6.07, 6.45) is 0.0863. The second-order valence-corrected chi connectivity index (χ2v) is 7.53. The van der Waals surface area contributed by atoms with Gasteiger partial charge in [-0.1, -0.05) is 54.9 Å². The van der Waals surface area contributed by atoms with E-state index in [2.05, 4.69) is 5.32 Å². The summed E-state index contributed by atoms with van der Waals surface area (Å²) in [5.74, 6) is -0.722. The van der Waals surface area contributed by atoms with E-state index in [0.717, 1.165) is 11.1 Å². The zero-order chi connectivity index (χ0) is 21.0. The lowest BCUT2D eigenvalue weighted by Crippen LogP contribution is -2.45. The van der Waals surface area contributed by atoms with Gasteiger partial charge in [0, 0.05) is 10.7 Å². The van der Waals surface area contributed by atoms with Crippen molar-refractivity contribution in [2.75, 3.05) is 18.4 Å². The zero-order valence-electron chi connectivity index (χ0n) is 16.5. The first kappa shape index (κ1) is 21.0. The SMILES string of the molecule is CCN(CC(=O)Nc1cc(Cl)ccc1C)C1CC(=O)N(Cc2ccccc2)C1=O. The van der Waals surface area contributed by atoms with Crippen LogP contribution in [0.5, 0.6) is 0 Å². The largest absolute Gasteiger partial charge is 0.325 e. The molecule has 0 bridgehead atoms. The van der Waals surface area contributed by atoms with E-state index in [1.165, 1.54) is 4.90 Å². The summed E-state index contributed by atoms with van der Waals surface area (Å²) in [6.45, 7) is 4.50. The van der Waals surface area contributed by atoms with Gasteiger partial charge in [-0.2, -0.15) is 0 Å². The Kier molecular flexibility index (Phi) is 6.67. The lowest BCUT2D eigenvalue weighted by Gasteiger charge is -2.25. The Morgan fingerprint density at radius 3 is 2.62 bits per heavy atom. The summed E-state index contributed by atoms with van der Waals surface area (Å²) in [5, 5.41) is 3.38. The first-order valence-electron chi connectivity index (χ1n) is 9.57. The van der Waals surface area contributed by atoms with Crippen molar-refractivity contribution in [2.45, 2.75) is 32.9 Å². The third kappa shape index (κ3) is 5.02. The van der Waals surface area contributed by atoms with Crippen molar-refractivity contribution in [3.05, 3.63) is 64.7 Å². The highest BCUT2D eigenvalue weighted by Crippen LogP contribution is 2.22. The Labute approximate surface area is 175 Å². The molecule has 2 aromatic rings. The van der Waals surface area contributed by atoms with Crippen LogP contribution >= 0.6 is 11.6 Å². The molecule has 3 rings (SSSR count). The number of imide groups is 1. The van der Waals surface area contributed by atoms with E-state index in [-0.39, 0.29) is 37.2 Å². The smallest absolute Gasteiger partial charge is 0.247 e. The molecule has 0 radical (unpaired) electrons. The topological polar surface area (TPSA) is 69.7 Å². The van der Waals surface area contributed by atoms with E-state index in [1.54, 1.807) is 17.0 Å². The predicted molar refractivity (Wildman–Crippen MR) is 112 cm³/mol. The normalized spacial score (nSPS) is 16.6. The number of nitrogens with zero attached hydrogens (tertiary/aromatic N) is 2. The number of hydrogen-bond donors (Lipinski definition) is 1. The van der Waals surface area contributed by atoms with Crippen LogP contribution in [0.25, 0.3) is 0 Å². The first-order chi connectivity index (χ1) is 13.9. The van der Waals surface area contributed by atoms with Crippen LogP contribution in [0, 0.1) is 6.92 Å². The molecule has 7 heteroatoms. The molecule has 1 heterocycles. The minimum Gasteiger partial charge on any atom is -0.325 e. The van der Waals surface area contributed by atoms with Gasteiger partial charge in [0.25, 0.3) is 0 Å². The molecule has 152 valence electrons. The number of halogens is 1. The van der Waals surface area contributed by atoms with Crippen LogP contribution in [0.4, 0.5) is 5.69 Å². The van der Waals surface area contributed by atoms with Crippen LogP contribution in [0.2, 0.25) is 5.02 Å². The predicted octanol–water partition coefficient (Wildman–Crippen LogP) is 3.24. The number of nitrogens with one attached hydrogen (secondary N) is 1. The van der Waals surface area contributed by atoms with Gasteiger partial charge in [-0.3, -0.25) is 24.2 Å². The number of rotatable bonds is 7. The van der Waals surface area contributed by atoms with E-state index in [9.17, 15) is 14.4 Å². The number of carbonyl (C=O) groups is 3. The number of aryl methyl sites for hydroxylation is 1. The lowest BCUT2D eigenvalue weighted by atomic mass is 10.2. The van der Waals surface area contributed by atoms with Crippen LogP contribution in [-0.4, -0.2) is 46.7 Å². The Morgan fingerprint density at radius 1 is 1.21 bits per heavy atom. The molecule has 1 N–H and O–H groups in total. The third-order valence-electron chi connectivity index (χ3n) is 5.07. The van der Waals surface area contributed by atoms with Gasteiger partial charge < -0.3 is 5.32 Å². The Balaban J connectivity index is 1.66. The average molecular weight is 414 g/mol. The van der Waals surface area contributed by atoms with Gasteiger partial charge in [0.15, 0.2) is 0 Å². The molecule has 1 fully saturated rings. The lowest BCUT2D eigenvalue weighted by molar-refractivity contribution is -0.140. The van der Waals surface area contributed by atoms with Gasteiger partial charge in [-0.15, -0.1) is 0 Å². The molecule has 1 aliphatic rings. The maximum Gasteiger partial charge on any atom is 0.247 e. The second-order valence-electron chi connectivity index (χ2n) is 7.09. The molecule has 29 heavy (non-hydrogen) atoms. The van der Waals surface area contributed by atoms with E-state index in [0.29, 0.717) is 17.3 Å². The highest BCUT2D eigenvalue weighted by molar-refractivity contribution is 6.31. The van der Waals surface area contributed by atoms with Gasteiger partial charge in [-0.25, -0.2) is 0 Å². The summed E-state index contributed by atoms with van der Waals surface area (Å²) in [4.78, 5) is 40.9. The Morgan fingerprint density at radius 2 is 1.93 bits per heavy atom. The van der Waals surface area contributed by atoms with Gasteiger partial charge in [0.1, 0.15) is 0 Å². The number of benzene rings is 2. The Hall–Kier alpha value is -2.70. The number of amides is 3. The summed E-state index contributed by atoms with van der Waals surface area (Å²) >= 11 is 6.01. The minimum absolute atomic E-state index is 0.0192. The fourth-order valence-corrected chi connectivity index (χ4v) is 3.60. The number of anilines is 1. The maximum absolute atomic E-state index is 12.9. The van der Waals surface area contributed by atoms with Crippen LogP contribution in [0.15, 0.2) is 48.5 Å². The Bertz CT molecular complexity index is 917. The van der Waals surface area contributed by atoms with Crippen molar-refractivity contribution in [1.82, 2.24) is 9.80 Å². The summed E-state index contributed by atoms with van der Waals surface area (Å²) in [6, 6.07) is 14.1. The molecule has 6 nitrogen and oxygen atoms in total. The van der Waals surface area contributed by atoms with Crippen LogP contribution < -0.4 is 5.32 Å². The van der Waals surface area contributed by atoms with Gasteiger partial charge >= 0.3 is 0 Å². The summed E-state index contributed by atoms with van der Waals surface area (Å²) in [7, 11) is 0. The number of likely N-dealkylation sites (N-methyl/N-ethyl adjacent to an activating group) is 1. The number of carbonyl (C=O) groups excluding carboxylic acids is 3. The van der Waals surface area contributed by atoms with Crippen molar-refractivity contribution in [1.29, 1.82) is 0 Å². The molecule has 0 aliphatic carbocycles. The van der Waals surface area contributed by atoms with Crippen LogP contribution in [0.3, 0.4) is 0 Å². The highest BCUT2D eigenvalue weighted by atomic mass is 35.5. The fourth-order valence-electron chi connectivity index (χ4n) is 3.43. The molecule has 0 aromatic heterocycles. The maximum atomic E-state index is 12.9. The van der Waals surface area contributed by atoms with Crippen LogP contribution in [0.1, 0.15) is 24.5 Å². The standard InChI is InChI=1S/C22H24ClN3O3/c1-3-25(14-20(27)24-18-11-17(23)10-9-15(18)2)19-12-21(28)26(22(19)29)13-16-7-5-4-6-8-16/h4-11,19H,3,12-14H2,1-2H3,(H,24,27). The molecule has 3 amide bonds. The van der Waals surface area contributed by atoms with E-state index >= 15 is 0 Å². The molecule has 0 saturated carbocycles. The quantitative estimate of drug-likeness (QED) is 0.707. The third-order valence-corrected chi connectivity index (χ3v) is 5.31. The molecule has 1 saturated heterocycles. The molecule has 1 unspecified atom stereocenters. The van der Waals surface area contributed by atoms with E-state index in [1.807, 2.05) is 50.2 Å².